The first-order valence-corrected chi connectivity index (χ1v) is 7.92. The van der Waals surface area contributed by atoms with Gasteiger partial charge in [-0.1, -0.05) is 12.1 Å². The van der Waals surface area contributed by atoms with Crippen LogP contribution < -0.4 is 0 Å². The number of likely N-dealkylation sites (tertiary alicyclic amines) is 1. The molecule has 1 saturated heterocycles. The zero-order valence-corrected chi connectivity index (χ0v) is 13.6. The van der Waals surface area contributed by atoms with Crippen LogP contribution in [0.3, 0.4) is 0 Å². The highest BCUT2D eigenvalue weighted by molar-refractivity contribution is 5.81. The van der Waals surface area contributed by atoms with Gasteiger partial charge in [0.1, 0.15) is 0 Å². The van der Waals surface area contributed by atoms with Crippen LogP contribution >= 0.6 is 0 Å². The first-order valence-electron chi connectivity index (χ1n) is 7.92. The fourth-order valence-electron chi connectivity index (χ4n) is 3.06. The number of rotatable bonds is 4. The molecule has 3 rings (SSSR count). The maximum absolute atomic E-state index is 13.0. The maximum atomic E-state index is 13.0. The SMILES string of the molecule is O=C(O)[C@@H]1CN(C(=O)Cc2ccc(-n3cccn3)cc2)C[C@H]1C(F)(F)F. The Balaban J connectivity index is 1.67. The van der Waals surface area contributed by atoms with Crippen molar-refractivity contribution in [3.8, 4) is 5.69 Å². The Labute approximate surface area is 146 Å². The highest BCUT2D eigenvalue weighted by Gasteiger charge is 2.53. The molecule has 2 heterocycles. The molecule has 2 atom stereocenters. The van der Waals surface area contributed by atoms with Crippen molar-refractivity contribution in [2.45, 2.75) is 12.6 Å². The largest absolute Gasteiger partial charge is 0.481 e. The number of hydrogen-bond donors (Lipinski definition) is 1. The number of halogens is 3. The minimum atomic E-state index is -4.65. The second kappa shape index (κ2) is 6.81. The van der Waals surface area contributed by atoms with Gasteiger partial charge in [-0.25, -0.2) is 4.68 Å². The molecule has 0 radical (unpaired) electrons. The monoisotopic (exact) mass is 367 g/mol. The number of benzene rings is 1. The number of nitrogens with zero attached hydrogens (tertiary/aromatic N) is 3. The molecule has 0 saturated carbocycles. The Morgan fingerprint density at radius 3 is 2.38 bits per heavy atom. The van der Waals surface area contributed by atoms with E-state index in [0.717, 1.165) is 10.6 Å². The Morgan fingerprint density at radius 2 is 1.88 bits per heavy atom. The summed E-state index contributed by atoms with van der Waals surface area (Å²) in [5, 5.41) is 13.1. The fourth-order valence-corrected chi connectivity index (χ4v) is 3.06. The van der Waals surface area contributed by atoms with Crippen molar-refractivity contribution >= 4 is 11.9 Å². The molecule has 6 nitrogen and oxygen atoms in total. The molecule has 1 aromatic carbocycles. The molecule has 1 aromatic heterocycles. The van der Waals surface area contributed by atoms with Crippen molar-refractivity contribution in [2.75, 3.05) is 13.1 Å². The molecule has 0 bridgehead atoms. The summed E-state index contributed by atoms with van der Waals surface area (Å²) in [5.41, 5.74) is 1.42. The predicted molar refractivity (Wildman–Crippen MR) is 84.5 cm³/mol. The Kier molecular flexibility index (Phi) is 4.71. The van der Waals surface area contributed by atoms with Gasteiger partial charge in [-0.3, -0.25) is 9.59 Å². The smallest absolute Gasteiger partial charge is 0.394 e. The lowest BCUT2D eigenvalue weighted by molar-refractivity contribution is -0.188. The van der Waals surface area contributed by atoms with Crippen LogP contribution in [0.2, 0.25) is 0 Å². The van der Waals surface area contributed by atoms with Gasteiger partial charge in [0.25, 0.3) is 0 Å². The van der Waals surface area contributed by atoms with Gasteiger partial charge in [-0.2, -0.15) is 18.3 Å². The van der Waals surface area contributed by atoms with Gasteiger partial charge in [-0.15, -0.1) is 0 Å². The molecule has 0 unspecified atom stereocenters. The van der Waals surface area contributed by atoms with Gasteiger partial charge in [0.05, 0.1) is 23.9 Å². The first-order chi connectivity index (χ1) is 12.3. The zero-order valence-electron chi connectivity index (χ0n) is 13.6. The number of aromatic nitrogens is 2. The summed E-state index contributed by atoms with van der Waals surface area (Å²) in [7, 11) is 0. The molecule has 138 valence electrons. The summed E-state index contributed by atoms with van der Waals surface area (Å²) >= 11 is 0. The minimum Gasteiger partial charge on any atom is -0.481 e. The molecule has 1 amide bonds. The van der Waals surface area contributed by atoms with Gasteiger partial charge < -0.3 is 10.0 Å². The molecule has 26 heavy (non-hydrogen) atoms. The van der Waals surface area contributed by atoms with E-state index in [1.807, 2.05) is 0 Å². The number of amides is 1. The fraction of sp³-hybridized carbons (Fsp3) is 0.353. The first kappa shape index (κ1) is 18.0. The molecule has 0 spiro atoms. The van der Waals surface area contributed by atoms with Crippen molar-refractivity contribution in [3.63, 3.8) is 0 Å². The molecule has 0 aliphatic carbocycles. The van der Waals surface area contributed by atoms with E-state index in [-0.39, 0.29) is 6.42 Å². The van der Waals surface area contributed by atoms with E-state index in [2.05, 4.69) is 5.10 Å². The number of aliphatic carboxylic acids is 1. The van der Waals surface area contributed by atoms with E-state index in [1.54, 1.807) is 47.4 Å². The number of alkyl halides is 3. The summed E-state index contributed by atoms with van der Waals surface area (Å²) in [6, 6.07) is 8.65. The number of carbonyl (C=O) groups excluding carboxylic acids is 1. The molecule has 1 aliphatic heterocycles. The zero-order chi connectivity index (χ0) is 18.9. The molecular weight excluding hydrogens is 351 g/mol. The van der Waals surface area contributed by atoms with Crippen molar-refractivity contribution in [1.29, 1.82) is 0 Å². The summed E-state index contributed by atoms with van der Waals surface area (Å²) < 4.78 is 40.6. The summed E-state index contributed by atoms with van der Waals surface area (Å²) in [6.07, 6.45) is -1.35. The normalized spacial score (nSPS) is 20.3. The van der Waals surface area contributed by atoms with Crippen molar-refractivity contribution < 1.29 is 27.9 Å². The standard InChI is InChI=1S/C17H16F3N3O3/c18-17(19,20)14-10-22(9-13(14)16(25)26)15(24)8-11-2-4-12(5-3-11)23-7-1-6-21-23/h1-7,13-14H,8-10H2,(H,25,26)/t13-,14-/m1/s1. The number of hydrogen-bond acceptors (Lipinski definition) is 3. The molecular formula is C17H16F3N3O3. The summed E-state index contributed by atoms with van der Waals surface area (Å²) in [5.74, 6) is -5.71. The quantitative estimate of drug-likeness (QED) is 0.898. The van der Waals surface area contributed by atoms with Crippen LogP contribution in [0.4, 0.5) is 13.2 Å². The molecule has 2 aromatic rings. The van der Waals surface area contributed by atoms with Crippen LogP contribution in [0.1, 0.15) is 5.56 Å². The Bertz CT molecular complexity index is 788. The van der Waals surface area contributed by atoms with E-state index in [4.69, 9.17) is 5.11 Å². The van der Waals surface area contributed by atoms with Crippen LogP contribution in [0.15, 0.2) is 42.7 Å². The lowest BCUT2D eigenvalue weighted by Crippen LogP contribution is -2.34. The molecule has 1 fully saturated rings. The van der Waals surface area contributed by atoms with Gasteiger partial charge >= 0.3 is 12.1 Å². The van der Waals surface area contributed by atoms with Crippen molar-refractivity contribution in [3.05, 3.63) is 48.3 Å². The van der Waals surface area contributed by atoms with Crippen molar-refractivity contribution in [1.82, 2.24) is 14.7 Å². The second-order valence-electron chi connectivity index (χ2n) is 6.19. The predicted octanol–water partition coefficient (Wildman–Crippen LogP) is 2.14. The number of carboxylic acid groups (broad SMARTS) is 1. The van der Waals surface area contributed by atoms with Crippen LogP contribution in [-0.4, -0.2) is 50.9 Å². The van der Waals surface area contributed by atoms with E-state index in [9.17, 15) is 22.8 Å². The van der Waals surface area contributed by atoms with Gasteiger partial charge in [0.15, 0.2) is 0 Å². The van der Waals surface area contributed by atoms with Gasteiger partial charge in [0.2, 0.25) is 5.91 Å². The average molecular weight is 367 g/mol. The highest BCUT2D eigenvalue weighted by atomic mass is 19.4. The third-order valence-electron chi connectivity index (χ3n) is 4.47. The topological polar surface area (TPSA) is 75.4 Å². The lowest BCUT2D eigenvalue weighted by atomic mass is 9.96. The van der Waals surface area contributed by atoms with E-state index < -0.39 is 43.0 Å². The van der Waals surface area contributed by atoms with E-state index in [0.29, 0.717) is 5.56 Å². The van der Waals surface area contributed by atoms with Crippen molar-refractivity contribution in [2.24, 2.45) is 11.8 Å². The van der Waals surface area contributed by atoms with E-state index >= 15 is 0 Å². The second-order valence-corrected chi connectivity index (χ2v) is 6.19. The Hall–Kier alpha value is -2.84. The van der Waals surface area contributed by atoms with Gasteiger partial charge in [0, 0.05) is 25.5 Å². The molecule has 1 aliphatic rings. The maximum Gasteiger partial charge on any atom is 0.394 e. The number of carboxylic acids is 1. The van der Waals surface area contributed by atoms with Gasteiger partial charge in [-0.05, 0) is 23.8 Å². The van der Waals surface area contributed by atoms with Crippen LogP contribution in [0.5, 0.6) is 0 Å². The van der Waals surface area contributed by atoms with Crippen LogP contribution in [-0.2, 0) is 16.0 Å². The summed E-state index contributed by atoms with van der Waals surface area (Å²) in [4.78, 5) is 24.4. The minimum absolute atomic E-state index is 0.0870. The third kappa shape index (κ3) is 3.71. The third-order valence-corrected chi connectivity index (χ3v) is 4.47. The lowest BCUT2D eigenvalue weighted by Gasteiger charge is -2.18. The average Bonchev–Trinajstić information content (AvgIpc) is 3.25. The Morgan fingerprint density at radius 1 is 1.19 bits per heavy atom. The molecule has 1 N–H and O–H groups in total. The van der Waals surface area contributed by atoms with Crippen LogP contribution in [0.25, 0.3) is 5.69 Å². The molecule has 9 heteroatoms. The van der Waals surface area contributed by atoms with E-state index in [1.165, 1.54) is 0 Å². The summed E-state index contributed by atoms with van der Waals surface area (Å²) in [6.45, 7) is -1.05. The highest BCUT2D eigenvalue weighted by Crippen LogP contribution is 2.37. The van der Waals surface area contributed by atoms with Crippen LogP contribution in [0, 0.1) is 11.8 Å². The number of carbonyl (C=O) groups is 2.